The zero-order valence-electron chi connectivity index (χ0n) is 11.3. The fourth-order valence-corrected chi connectivity index (χ4v) is 3.11. The van der Waals surface area contributed by atoms with Gasteiger partial charge in [0.2, 0.25) is 0 Å². The maximum atomic E-state index is 12.2. The minimum atomic E-state index is 0.0712. The van der Waals surface area contributed by atoms with Gasteiger partial charge >= 0.3 is 0 Å². The Kier molecular flexibility index (Phi) is 3.66. The summed E-state index contributed by atoms with van der Waals surface area (Å²) in [6.45, 7) is 2.88. The van der Waals surface area contributed by atoms with E-state index in [9.17, 15) is 4.79 Å². The van der Waals surface area contributed by atoms with E-state index in [1.54, 1.807) is 0 Å². The molecule has 0 heterocycles. The van der Waals surface area contributed by atoms with Gasteiger partial charge in [0.15, 0.2) is 0 Å². The zero-order chi connectivity index (χ0) is 13.4. The van der Waals surface area contributed by atoms with Gasteiger partial charge in [-0.3, -0.25) is 4.79 Å². The van der Waals surface area contributed by atoms with Gasteiger partial charge in [-0.05, 0) is 74.1 Å². The highest BCUT2D eigenvalue weighted by molar-refractivity contribution is 9.10. The Morgan fingerprint density at radius 3 is 2.47 bits per heavy atom. The summed E-state index contributed by atoms with van der Waals surface area (Å²) in [6, 6.07) is 5.78. The molecule has 1 aromatic carbocycles. The topological polar surface area (TPSA) is 29.1 Å². The molecule has 0 spiro atoms. The minimum Gasteiger partial charge on any atom is -0.352 e. The van der Waals surface area contributed by atoms with Crippen molar-refractivity contribution in [3.8, 4) is 0 Å². The molecule has 2 aliphatic rings. The predicted octanol–water partition coefficient (Wildman–Crippen LogP) is 3.92. The van der Waals surface area contributed by atoms with Crippen molar-refractivity contribution in [2.75, 3.05) is 6.54 Å². The van der Waals surface area contributed by atoms with Crippen LogP contribution < -0.4 is 5.32 Å². The third-order valence-electron chi connectivity index (χ3n) is 4.37. The third kappa shape index (κ3) is 3.19. The molecule has 19 heavy (non-hydrogen) atoms. The summed E-state index contributed by atoms with van der Waals surface area (Å²) in [5, 5.41) is 3.13. The quantitative estimate of drug-likeness (QED) is 0.874. The van der Waals surface area contributed by atoms with Gasteiger partial charge in [-0.2, -0.15) is 0 Å². The molecule has 0 aromatic heterocycles. The van der Waals surface area contributed by atoms with Crippen molar-refractivity contribution in [2.45, 2.75) is 32.6 Å². The van der Waals surface area contributed by atoms with Crippen LogP contribution in [0.15, 0.2) is 22.7 Å². The van der Waals surface area contributed by atoms with Crippen LogP contribution in [0.4, 0.5) is 0 Å². The normalized spacial score (nSPS) is 18.7. The largest absolute Gasteiger partial charge is 0.352 e. The molecular weight excluding hydrogens is 302 g/mol. The Labute approximate surface area is 123 Å². The maximum absolute atomic E-state index is 12.2. The van der Waals surface area contributed by atoms with Crippen molar-refractivity contribution in [3.05, 3.63) is 33.8 Å². The number of carbonyl (C=O) groups is 1. The average Bonchev–Trinajstić information content (AvgIpc) is 3.26. The molecule has 1 N–H and O–H groups in total. The highest BCUT2D eigenvalue weighted by Gasteiger charge is 2.41. The van der Waals surface area contributed by atoms with E-state index in [0.717, 1.165) is 39.9 Å². The standard InChI is InChI=1S/C16H20BrNO/c1-10-8-13(6-7-15(10)17)16(19)18-9-14(11-2-3-11)12-4-5-12/h6-8,11-12,14H,2-5,9H2,1H3,(H,18,19). The molecule has 0 atom stereocenters. The molecular formula is C16H20BrNO. The van der Waals surface area contributed by atoms with Crippen molar-refractivity contribution >= 4 is 21.8 Å². The van der Waals surface area contributed by atoms with Crippen molar-refractivity contribution < 1.29 is 4.79 Å². The first-order chi connectivity index (χ1) is 9.15. The molecule has 0 aliphatic heterocycles. The van der Waals surface area contributed by atoms with E-state index in [2.05, 4.69) is 21.2 Å². The van der Waals surface area contributed by atoms with Crippen LogP contribution >= 0.6 is 15.9 Å². The summed E-state index contributed by atoms with van der Waals surface area (Å²) in [5.41, 5.74) is 1.87. The van der Waals surface area contributed by atoms with Gasteiger partial charge < -0.3 is 5.32 Å². The van der Waals surface area contributed by atoms with Crippen LogP contribution in [-0.2, 0) is 0 Å². The number of hydrogen-bond donors (Lipinski definition) is 1. The molecule has 1 amide bonds. The molecule has 0 unspecified atom stereocenters. The first-order valence-corrected chi connectivity index (χ1v) is 7.99. The van der Waals surface area contributed by atoms with E-state index < -0.39 is 0 Å². The van der Waals surface area contributed by atoms with Gasteiger partial charge in [-0.25, -0.2) is 0 Å². The van der Waals surface area contributed by atoms with Crippen LogP contribution in [0.3, 0.4) is 0 Å². The van der Waals surface area contributed by atoms with E-state index in [-0.39, 0.29) is 5.91 Å². The van der Waals surface area contributed by atoms with E-state index in [4.69, 9.17) is 0 Å². The number of hydrogen-bond acceptors (Lipinski definition) is 1. The summed E-state index contributed by atoms with van der Waals surface area (Å²) in [4.78, 5) is 12.2. The highest BCUT2D eigenvalue weighted by atomic mass is 79.9. The van der Waals surface area contributed by atoms with Gasteiger partial charge in [-0.1, -0.05) is 15.9 Å². The number of nitrogens with one attached hydrogen (secondary N) is 1. The predicted molar refractivity (Wildman–Crippen MR) is 80.2 cm³/mol. The van der Waals surface area contributed by atoms with Crippen molar-refractivity contribution in [1.82, 2.24) is 5.32 Å². The summed E-state index contributed by atoms with van der Waals surface area (Å²) in [5.74, 6) is 2.58. The Morgan fingerprint density at radius 2 is 1.95 bits per heavy atom. The van der Waals surface area contributed by atoms with Crippen LogP contribution in [-0.4, -0.2) is 12.5 Å². The lowest BCUT2D eigenvalue weighted by Gasteiger charge is -2.16. The van der Waals surface area contributed by atoms with Crippen LogP contribution in [0.1, 0.15) is 41.6 Å². The second kappa shape index (κ2) is 5.28. The van der Waals surface area contributed by atoms with Gasteiger partial charge in [0.05, 0.1) is 0 Å². The lowest BCUT2D eigenvalue weighted by molar-refractivity contribution is 0.0943. The van der Waals surface area contributed by atoms with Crippen molar-refractivity contribution in [2.24, 2.45) is 17.8 Å². The summed E-state index contributed by atoms with van der Waals surface area (Å²) < 4.78 is 1.05. The van der Waals surface area contributed by atoms with E-state index in [1.165, 1.54) is 25.7 Å². The SMILES string of the molecule is Cc1cc(C(=O)NCC(C2CC2)C2CC2)ccc1Br. The number of benzene rings is 1. The number of aryl methyl sites for hydroxylation is 1. The van der Waals surface area contributed by atoms with Gasteiger partial charge in [0, 0.05) is 16.6 Å². The number of rotatable bonds is 5. The Bertz CT molecular complexity index is 480. The van der Waals surface area contributed by atoms with Gasteiger partial charge in [0.1, 0.15) is 0 Å². The van der Waals surface area contributed by atoms with Crippen LogP contribution in [0.2, 0.25) is 0 Å². The fourth-order valence-electron chi connectivity index (χ4n) is 2.87. The van der Waals surface area contributed by atoms with Gasteiger partial charge in [-0.15, -0.1) is 0 Å². The lowest BCUT2D eigenvalue weighted by Crippen LogP contribution is -2.31. The Morgan fingerprint density at radius 1 is 1.32 bits per heavy atom. The summed E-state index contributed by atoms with van der Waals surface area (Å²) >= 11 is 3.46. The lowest BCUT2D eigenvalue weighted by atomic mass is 9.98. The van der Waals surface area contributed by atoms with E-state index >= 15 is 0 Å². The Balaban J connectivity index is 1.59. The van der Waals surface area contributed by atoms with Crippen molar-refractivity contribution in [1.29, 1.82) is 0 Å². The minimum absolute atomic E-state index is 0.0712. The molecule has 102 valence electrons. The number of halogens is 1. The highest BCUT2D eigenvalue weighted by Crippen LogP contribution is 2.48. The molecule has 0 bridgehead atoms. The van der Waals surface area contributed by atoms with E-state index in [1.807, 2.05) is 25.1 Å². The smallest absolute Gasteiger partial charge is 0.251 e. The van der Waals surface area contributed by atoms with Crippen LogP contribution in [0, 0.1) is 24.7 Å². The summed E-state index contributed by atoms with van der Waals surface area (Å²) in [7, 11) is 0. The number of amides is 1. The molecule has 2 fully saturated rings. The molecule has 0 saturated heterocycles. The first kappa shape index (κ1) is 13.2. The van der Waals surface area contributed by atoms with Crippen LogP contribution in [0.25, 0.3) is 0 Å². The maximum Gasteiger partial charge on any atom is 0.251 e. The second-order valence-corrected chi connectivity index (χ2v) is 6.87. The molecule has 1 aromatic rings. The molecule has 3 heteroatoms. The Hall–Kier alpha value is -0.830. The monoisotopic (exact) mass is 321 g/mol. The van der Waals surface area contributed by atoms with Gasteiger partial charge in [0.25, 0.3) is 5.91 Å². The van der Waals surface area contributed by atoms with E-state index in [0.29, 0.717) is 0 Å². The zero-order valence-corrected chi connectivity index (χ0v) is 12.9. The third-order valence-corrected chi connectivity index (χ3v) is 5.26. The molecule has 2 saturated carbocycles. The average molecular weight is 322 g/mol. The fraction of sp³-hybridized carbons (Fsp3) is 0.562. The molecule has 3 rings (SSSR count). The molecule has 2 nitrogen and oxygen atoms in total. The number of carbonyl (C=O) groups excluding carboxylic acids is 1. The summed E-state index contributed by atoms with van der Waals surface area (Å²) in [6.07, 6.45) is 5.48. The van der Waals surface area contributed by atoms with Crippen LogP contribution in [0.5, 0.6) is 0 Å². The first-order valence-electron chi connectivity index (χ1n) is 7.19. The molecule has 0 radical (unpaired) electrons. The second-order valence-electron chi connectivity index (χ2n) is 6.01. The van der Waals surface area contributed by atoms with Crippen molar-refractivity contribution in [3.63, 3.8) is 0 Å². The molecule has 2 aliphatic carbocycles.